The van der Waals surface area contributed by atoms with Crippen LogP contribution in [0, 0.1) is 5.92 Å². The molecule has 1 fully saturated rings. The molecule has 2 aromatic carbocycles. The van der Waals surface area contributed by atoms with Gasteiger partial charge in [-0.3, -0.25) is 14.4 Å². The van der Waals surface area contributed by atoms with Crippen molar-refractivity contribution in [3.63, 3.8) is 0 Å². The monoisotopic (exact) mass is 390 g/mol. The normalized spacial score (nSPS) is 16.7. The number of nitrogens with zero attached hydrogens (tertiary/aromatic N) is 1. The quantitative estimate of drug-likeness (QED) is 0.795. The summed E-state index contributed by atoms with van der Waals surface area (Å²) < 4.78 is 0. The molecule has 1 atom stereocenters. The molecule has 0 radical (unpaired) electrons. The van der Waals surface area contributed by atoms with Gasteiger partial charge in [0.15, 0.2) is 5.78 Å². The van der Waals surface area contributed by atoms with Crippen LogP contribution in [0.25, 0.3) is 0 Å². The van der Waals surface area contributed by atoms with Crippen molar-refractivity contribution in [1.82, 2.24) is 0 Å². The Labute approximate surface area is 160 Å². The van der Waals surface area contributed by atoms with E-state index in [4.69, 9.17) is 23.2 Å². The summed E-state index contributed by atoms with van der Waals surface area (Å²) in [6, 6.07) is 11.7. The van der Waals surface area contributed by atoms with Crippen molar-refractivity contribution in [2.45, 2.75) is 13.3 Å². The summed E-state index contributed by atoms with van der Waals surface area (Å²) in [5.41, 5.74) is 1.45. The minimum Gasteiger partial charge on any atom is -0.326 e. The molecule has 0 spiro atoms. The van der Waals surface area contributed by atoms with Crippen molar-refractivity contribution < 1.29 is 14.4 Å². The lowest BCUT2D eigenvalue weighted by atomic mass is 10.1. The molecule has 0 aromatic heterocycles. The van der Waals surface area contributed by atoms with Crippen LogP contribution in [0.2, 0.25) is 10.0 Å². The second kappa shape index (κ2) is 7.48. The molecule has 7 heteroatoms. The summed E-state index contributed by atoms with van der Waals surface area (Å²) in [4.78, 5) is 37.8. The van der Waals surface area contributed by atoms with E-state index in [1.807, 2.05) is 0 Å². The van der Waals surface area contributed by atoms with E-state index in [1.54, 1.807) is 42.5 Å². The Kier molecular flexibility index (Phi) is 5.30. The van der Waals surface area contributed by atoms with Gasteiger partial charge in [-0.05, 0) is 31.2 Å². The van der Waals surface area contributed by atoms with Crippen LogP contribution in [-0.2, 0) is 9.59 Å². The third kappa shape index (κ3) is 3.74. The molecule has 0 saturated carbocycles. The molecule has 2 aromatic rings. The number of carbonyl (C=O) groups is 3. The summed E-state index contributed by atoms with van der Waals surface area (Å²) in [5.74, 6) is -1.12. The number of benzene rings is 2. The Hall–Kier alpha value is -2.37. The van der Waals surface area contributed by atoms with E-state index in [0.717, 1.165) is 0 Å². The van der Waals surface area contributed by atoms with Crippen LogP contribution in [0.3, 0.4) is 0 Å². The van der Waals surface area contributed by atoms with Gasteiger partial charge >= 0.3 is 0 Å². The topological polar surface area (TPSA) is 66.5 Å². The van der Waals surface area contributed by atoms with Gasteiger partial charge in [-0.25, -0.2) is 0 Å². The number of hydrogen-bond donors (Lipinski definition) is 1. The van der Waals surface area contributed by atoms with E-state index in [-0.39, 0.29) is 30.6 Å². The highest BCUT2D eigenvalue weighted by molar-refractivity contribution is 6.40. The lowest BCUT2D eigenvalue weighted by Crippen LogP contribution is -2.28. The van der Waals surface area contributed by atoms with Gasteiger partial charge in [-0.2, -0.15) is 0 Å². The van der Waals surface area contributed by atoms with E-state index < -0.39 is 5.92 Å². The Morgan fingerprint density at radius 3 is 2.42 bits per heavy atom. The molecule has 3 rings (SSSR count). The molecular weight excluding hydrogens is 375 g/mol. The number of amides is 2. The molecule has 1 aliphatic rings. The third-order valence-electron chi connectivity index (χ3n) is 4.24. The first kappa shape index (κ1) is 18.4. The van der Waals surface area contributed by atoms with Crippen LogP contribution in [-0.4, -0.2) is 24.1 Å². The first-order valence-electron chi connectivity index (χ1n) is 8.03. The van der Waals surface area contributed by atoms with Crippen molar-refractivity contribution in [2.75, 3.05) is 16.8 Å². The number of Topliss-reactive ketones (excluding diaryl/α,β-unsaturated/α-hetero) is 1. The third-order valence-corrected chi connectivity index (χ3v) is 4.85. The van der Waals surface area contributed by atoms with Crippen LogP contribution in [0.1, 0.15) is 23.7 Å². The number of rotatable bonds is 4. The van der Waals surface area contributed by atoms with Crippen molar-refractivity contribution >= 4 is 52.2 Å². The van der Waals surface area contributed by atoms with Gasteiger partial charge < -0.3 is 10.2 Å². The van der Waals surface area contributed by atoms with Gasteiger partial charge in [0.1, 0.15) is 0 Å². The second-order valence-corrected chi connectivity index (χ2v) is 6.92. The predicted molar refractivity (Wildman–Crippen MR) is 102 cm³/mol. The van der Waals surface area contributed by atoms with Crippen LogP contribution in [0.5, 0.6) is 0 Å². The van der Waals surface area contributed by atoms with Crippen LogP contribution in [0.15, 0.2) is 42.5 Å². The van der Waals surface area contributed by atoms with E-state index >= 15 is 0 Å². The molecule has 1 aliphatic heterocycles. The van der Waals surface area contributed by atoms with Gasteiger partial charge in [0, 0.05) is 24.2 Å². The van der Waals surface area contributed by atoms with Crippen LogP contribution >= 0.6 is 23.2 Å². The number of anilines is 2. The summed E-state index contributed by atoms with van der Waals surface area (Å²) in [6.07, 6.45) is 0.0692. The zero-order valence-corrected chi connectivity index (χ0v) is 15.5. The van der Waals surface area contributed by atoms with E-state index in [1.165, 1.54) is 11.8 Å². The van der Waals surface area contributed by atoms with Gasteiger partial charge in [0.2, 0.25) is 11.8 Å². The predicted octanol–water partition coefficient (Wildman–Crippen LogP) is 4.19. The molecule has 1 saturated heterocycles. The molecule has 2 amide bonds. The molecule has 5 nitrogen and oxygen atoms in total. The van der Waals surface area contributed by atoms with Crippen molar-refractivity contribution in [2.24, 2.45) is 5.92 Å². The SMILES string of the molecule is CC(=O)c1cccc(NC(=O)C2CC(=O)N(c3c(Cl)cccc3Cl)C2)c1. The van der Waals surface area contributed by atoms with Crippen LogP contribution < -0.4 is 10.2 Å². The molecular formula is C19H16Cl2N2O3. The molecule has 1 unspecified atom stereocenters. The zero-order valence-electron chi connectivity index (χ0n) is 14.0. The van der Waals surface area contributed by atoms with Crippen molar-refractivity contribution in [1.29, 1.82) is 0 Å². The first-order chi connectivity index (χ1) is 12.4. The average molecular weight is 391 g/mol. The Bertz CT molecular complexity index is 878. The van der Waals surface area contributed by atoms with Crippen molar-refractivity contribution in [3.8, 4) is 0 Å². The fourth-order valence-electron chi connectivity index (χ4n) is 2.91. The Balaban J connectivity index is 1.75. The number of para-hydroxylation sites is 1. The summed E-state index contributed by atoms with van der Waals surface area (Å²) in [5, 5.41) is 3.49. The van der Waals surface area contributed by atoms with Gasteiger partial charge in [0.05, 0.1) is 21.7 Å². The summed E-state index contributed by atoms with van der Waals surface area (Å²) >= 11 is 12.3. The van der Waals surface area contributed by atoms with E-state index in [2.05, 4.69) is 5.32 Å². The lowest BCUT2D eigenvalue weighted by molar-refractivity contribution is -0.122. The summed E-state index contributed by atoms with van der Waals surface area (Å²) in [7, 11) is 0. The molecule has 134 valence electrons. The highest BCUT2D eigenvalue weighted by Crippen LogP contribution is 2.37. The fourth-order valence-corrected chi connectivity index (χ4v) is 3.51. The van der Waals surface area contributed by atoms with Crippen molar-refractivity contribution in [3.05, 3.63) is 58.1 Å². The number of carbonyl (C=O) groups excluding carboxylic acids is 3. The standard InChI is InChI=1S/C19H16Cl2N2O3/c1-11(24)12-4-2-5-14(8-12)22-19(26)13-9-17(25)23(10-13)18-15(20)6-3-7-16(18)21/h2-8,13H,9-10H2,1H3,(H,22,26). The molecule has 0 bridgehead atoms. The zero-order chi connectivity index (χ0) is 18.8. The molecule has 0 aliphatic carbocycles. The number of hydrogen-bond acceptors (Lipinski definition) is 3. The Morgan fingerprint density at radius 2 is 1.77 bits per heavy atom. The van der Waals surface area contributed by atoms with Gasteiger partial charge in [-0.15, -0.1) is 0 Å². The van der Waals surface area contributed by atoms with Crippen LogP contribution in [0.4, 0.5) is 11.4 Å². The number of ketones is 1. The fraction of sp³-hybridized carbons (Fsp3) is 0.211. The lowest BCUT2D eigenvalue weighted by Gasteiger charge is -2.19. The molecule has 1 N–H and O–H groups in total. The maximum absolute atomic E-state index is 12.5. The van der Waals surface area contributed by atoms with E-state index in [0.29, 0.717) is 27.0 Å². The molecule has 26 heavy (non-hydrogen) atoms. The number of nitrogens with one attached hydrogen (secondary N) is 1. The maximum atomic E-state index is 12.5. The molecule has 1 heterocycles. The van der Waals surface area contributed by atoms with Gasteiger partial charge in [0.25, 0.3) is 0 Å². The Morgan fingerprint density at radius 1 is 1.12 bits per heavy atom. The first-order valence-corrected chi connectivity index (χ1v) is 8.78. The highest BCUT2D eigenvalue weighted by Gasteiger charge is 2.36. The maximum Gasteiger partial charge on any atom is 0.229 e. The van der Waals surface area contributed by atoms with E-state index in [9.17, 15) is 14.4 Å². The minimum absolute atomic E-state index is 0.0692. The largest absolute Gasteiger partial charge is 0.326 e. The minimum atomic E-state index is -0.532. The van der Waals surface area contributed by atoms with Gasteiger partial charge in [-0.1, -0.05) is 41.4 Å². The second-order valence-electron chi connectivity index (χ2n) is 6.10. The average Bonchev–Trinajstić information content (AvgIpc) is 2.97. The smallest absolute Gasteiger partial charge is 0.229 e. The highest BCUT2D eigenvalue weighted by atomic mass is 35.5. The summed E-state index contributed by atoms with van der Waals surface area (Å²) in [6.45, 7) is 1.66. The number of halogens is 2.